The Labute approximate surface area is 270 Å². The maximum absolute atomic E-state index is 14.8. The van der Waals surface area contributed by atoms with Crippen LogP contribution >= 0.6 is 0 Å². The number of alkyl halides is 6. The number of carboxylic acid groups (broad SMARTS) is 1. The highest BCUT2D eigenvalue weighted by Gasteiger charge is 2.46. The van der Waals surface area contributed by atoms with Gasteiger partial charge in [-0.05, 0) is 67.0 Å². The van der Waals surface area contributed by atoms with E-state index in [0.717, 1.165) is 18.2 Å². The lowest BCUT2D eigenvalue weighted by molar-refractivity contribution is -0.198. The predicted octanol–water partition coefficient (Wildman–Crippen LogP) is 5.95. The zero-order chi connectivity index (χ0) is 34.4. The Balaban J connectivity index is 1.32. The summed E-state index contributed by atoms with van der Waals surface area (Å²) in [6, 6.07) is 10.5. The SMILES string of the molecule is Cc1ccn(-c2cc(-c3cccc(C(F)(F)F)c3)ccc2[C@@H](Oc2cc(N3CCC4(CC3)CN[C@H](C(=O)O)C4)nc(N)n2)C(F)(F)F)n1. The maximum Gasteiger partial charge on any atom is 0.429 e. The average Bonchev–Trinajstić information content (AvgIpc) is 3.65. The molecule has 0 unspecified atom stereocenters. The van der Waals surface area contributed by atoms with Gasteiger partial charge in [-0.2, -0.15) is 41.4 Å². The number of aromatic nitrogens is 4. The molecule has 2 atom stereocenters. The molecule has 1 spiro atoms. The van der Waals surface area contributed by atoms with Crippen LogP contribution in [-0.2, 0) is 11.0 Å². The number of nitrogens with one attached hydrogen (secondary N) is 1. The van der Waals surface area contributed by atoms with Crippen molar-refractivity contribution in [3.8, 4) is 22.7 Å². The second-order valence-electron chi connectivity index (χ2n) is 12.2. The summed E-state index contributed by atoms with van der Waals surface area (Å²) in [4.78, 5) is 21.4. The summed E-state index contributed by atoms with van der Waals surface area (Å²) in [5.74, 6) is -1.38. The molecule has 16 heteroatoms. The third kappa shape index (κ3) is 6.88. The number of rotatable bonds is 7. The van der Waals surface area contributed by atoms with Crippen LogP contribution in [0.2, 0.25) is 0 Å². The Bertz CT molecular complexity index is 1820. The van der Waals surface area contributed by atoms with Crippen molar-refractivity contribution >= 4 is 17.7 Å². The van der Waals surface area contributed by atoms with Gasteiger partial charge < -0.3 is 25.8 Å². The Kier molecular flexibility index (Phi) is 8.47. The number of anilines is 2. The van der Waals surface area contributed by atoms with Crippen LogP contribution in [0.1, 0.15) is 42.2 Å². The smallest absolute Gasteiger partial charge is 0.429 e. The number of carboxylic acids is 1. The Morgan fingerprint density at radius 2 is 1.77 bits per heavy atom. The van der Waals surface area contributed by atoms with E-state index in [9.17, 15) is 36.2 Å². The number of ether oxygens (including phenoxy) is 1. The number of halogens is 6. The minimum absolute atomic E-state index is 0.0613. The summed E-state index contributed by atoms with van der Waals surface area (Å²) in [7, 11) is 0. The molecule has 4 heterocycles. The molecule has 0 aliphatic carbocycles. The fourth-order valence-corrected chi connectivity index (χ4v) is 6.33. The lowest BCUT2D eigenvalue weighted by Gasteiger charge is -2.39. The minimum Gasteiger partial charge on any atom is -0.480 e. The highest BCUT2D eigenvalue weighted by atomic mass is 19.4. The second-order valence-corrected chi connectivity index (χ2v) is 12.2. The standard InChI is InChI=1S/C32H31F6N7O3/c1-18-7-10-45(43-18)24-14-20(19-3-2-4-21(13-19)31(33,34)35)5-6-22(24)27(32(36,37)38)48-26-15-25(41-29(39)42-26)44-11-8-30(9-12-44)16-23(28(46)47)40-17-30/h2-7,10,13-15,23,27,40H,8-9,11-12,16-17H2,1H3,(H,46,47)(H2,39,41,42)/t23-,27+/m0/s1. The van der Waals surface area contributed by atoms with Gasteiger partial charge in [0, 0.05) is 37.5 Å². The van der Waals surface area contributed by atoms with E-state index in [-0.39, 0.29) is 39.6 Å². The summed E-state index contributed by atoms with van der Waals surface area (Å²) in [6.07, 6.45) is -8.95. The third-order valence-electron chi connectivity index (χ3n) is 8.85. The first-order chi connectivity index (χ1) is 22.6. The van der Waals surface area contributed by atoms with Crippen LogP contribution in [0.15, 0.2) is 60.8 Å². The van der Waals surface area contributed by atoms with Gasteiger partial charge in [-0.25, -0.2) is 4.68 Å². The normalized spacial score (nSPS) is 18.6. The molecule has 2 aromatic heterocycles. The number of hydrogen-bond acceptors (Lipinski definition) is 8. The van der Waals surface area contributed by atoms with Crippen molar-refractivity contribution < 1.29 is 41.0 Å². The van der Waals surface area contributed by atoms with Gasteiger partial charge in [-0.1, -0.05) is 24.3 Å². The Hall–Kier alpha value is -4.86. The molecule has 2 aliphatic heterocycles. The van der Waals surface area contributed by atoms with Crippen LogP contribution in [0, 0.1) is 12.3 Å². The summed E-state index contributed by atoms with van der Waals surface area (Å²) in [6.45, 7) is 3.13. The highest BCUT2D eigenvalue weighted by Crippen LogP contribution is 2.43. The molecule has 2 saturated heterocycles. The van der Waals surface area contributed by atoms with Gasteiger partial charge in [0.1, 0.15) is 11.9 Å². The van der Waals surface area contributed by atoms with Gasteiger partial charge in [-0.3, -0.25) is 4.79 Å². The number of nitrogens with zero attached hydrogens (tertiary/aromatic N) is 5. The number of aryl methyl sites for hydroxylation is 1. The molecule has 2 aromatic carbocycles. The summed E-state index contributed by atoms with van der Waals surface area (Å²) >= 11 is 0. The molecule has 48 heavy (non-hydrogen) atoms. The zero-order valence-electron chi connectivity index (χ0n) is 25.5. The first-order valence-electron chi connectivity index (χ1n) is 15.0. The summed E-state index contributed by atoms with van der Waals surface area (Å²) in [5.41, 5.74) is 5.28. The molecule has 10 nitrogen and oxygen atoms in total. The molecule has 2 aliphatic rings. The topological polar surface area (TPSA) is 131 Å². The second kappa shape index (κ2) is 12.3. The van der Waals surface area contributed by atoms with Crippen LogP contribution in [0.5, 0.6) is 5.88 Å². The predicted molar refractivity (Wildman–Crippen MR) is 163 cm³/mol. The van der Waals surface area contributed by atoms with E-state index in [1.807, 2.05) is 4.90 Å². The van der Waals surface area contributed by atoms with E-state index in [4.69, 9.17) is 10.5 Å². The molecule has 2 fully saturated rings. The fraction of sp³-hybridized carbons (Fsp3) is 0.375. The minimum atomic E-state index is -4.97. The number of piperidine rings is 1. The van der Waals surface area contributed by atoms with Crippen LogP contribution in [0.4, 0.5) is 38.1 Å². The first-order valence-corrected chi connectivity index (χ1v) is 15.0. The van der Waals surface area contributed by atoms with Crippen LogP contribution in [0.3, 0.4) is 0 Å². The molecule has 4 aromatic rings. The first kappa shape index (κ1) is 33.1. The molecule has 0 bridgehead atoms. The molecular formula is C32H31F6N7O3. The highest BCUT2D eigenvalue weighted by molar-refractivity contribution is 5.74. The van der Waals surface area contributed by atoms with E-state index in [2.05, 4.69) is 20.4 Å². The summed E-state index contributed by atoms with van der Waals surface area (Å²) in [5, 5.41) is 16.7. The van der Waals surface area contributed by atoms with Crippen molar-refractivity contribution in [2.24, 2.45) is 5.41 Å². The van der Waals surface area contributed by atoms with Crippen molar-refractivity contribution in [1.29, 1.82) is 0 Å². The molecule has 0 saturated carbocycles. The molecule has 254 valence electrons. The van der Waals surface area contributed by atoms with Gasteiger partial charge >= 0.3 is 18.3 Å². The lowest BCUT2D eigenvalue weighted by atomic mass is 9.76. The molecule has 0 radical (unpaired) electrons. The van der Waals surface area contributed by atoms with E-state index in [1.54, 1.807) is 13.0 Å². The van der Waals surface area contributed by atoms with Crippen LogP contribution in [0.25, 0.3) is 16.8 Å². The Morgan fingerprint density at radius 1 is 1.04 bits per heavy atom. The average molecular weight is 676 g/mol. The Morgan fingerprint density at radius 3 is 2.40 bits per heavy atom. The number of carbonyl (C=O) groups is 1. The molecule has 0 amide bonds. The molecule has 6 rings (SSSR count). The van der Waals surface area contributed by atoms with Crippen molar-refractivity contribution in [3.05, 3.63) is 77.6 Å². The lowest BCUT2D eigenvalue weighted by Crippen LogP contribution is -2.41. The van der Waals surface area contributed by atoms with Gasteiger partial charge in [0.25, 0.3) is 0 Å². The number of benzene rings is 2. The van der Waals surface area contributed by atoms with Gasteiger partial charge in [0.15, 0.2) is 0 Å². The van der Waals surface area contributed by atoms with E-state index < -0.39 is 41.9 Å². The van der Waals surface area contributed by atoms with Crippen molar-refractivity contribution in [1.82, 2.24) is 25.1 Å². The van der Waals surface area contributed by atoms with Gasteiger partial charge in [0.2, 0.25) is 17.9 Å². The zero-order valence-corrected chi connectivity index (χ0v) is 25.5. The summed E-state index contributed by atoms with van der Waals surface area (Å²) < 4.78 is 91.4. The van der Waals surface area contributed by atoms with Crippen molar-refractivity contribution in [2.45, 2.75) is 50.7 Å². The van der Waals surface area contributed by atoms with Gasteiger partial charge in [0.05, 0.1) is 16.9 Å². The largest absolute Gasteiger partial charge is 0.480 e. The van der Waals surface area contributed by atoms with Gasteiger partial charge in [-0.15, -0.1) is 0 Å². The monoisotopic (exact) mass is 675 g/mol. The third-order valence-corrected chi connectivity index (χ3v) is 8.85. The van der Waals surface area contributed by atoms with Crippen molar-refractivity contribution in [3.63, 3.8) is 0 Å². The fourth-order valence-electron chi connectivity index (χ4n) is 6.33. The number of nitrogens with two attached hydrogens (primary N) is 1. The van der Waals surface area contributed by atoms with Crippen molar-refractivity contribution in [2.75, 3.05) is 30.3 Å². The number of aliphatic carboxylic acids is 1. The van der Waals surface area contributed by atoms with E-state index in [1.165, 1.54) is 41.2 Å². The maximum atomic E-state index is 14.8. The molecule has 4 N–H and O–H groups in total. The van der Waals surface area contributed by atoms with Crippen LogP contribution in [-0.4, -0.2) is 62.7 Å². The number of hydrogen-bond donors (Lipinski definition) is 3. The van der Waals surface area contributed by atoms with Crippen LogP contribution < -0.4 is 20.7 Å². The number of nitrogen functional groups attached to an aromatic ring is 1. The van der Waals surface area contributed by atoms with E-state index >= 15 is 0 Å². The molecular weight excluding hydrogens is 644 g/mol. The quantitative estimate of drug-likeness (QED) is 0.203. The van der Waals surface area contributed by atoms with E-state index in [0.29, 0.717) is 44.6 Å².